The zero-order chi connectivity index (χ0) is 20.5. The largest absolute Gasteiger partial charge is 0.490 e. The summed E-state index contributed by atoms with van der Waals surface area (Å²) in [5.74, 6) is 0.520. The van der Waals surface area contributed by atoms with Crippen LogP contribution in [0.15, 0.2) is 79.4 Å². The van der Waals surface area contributed by atoms with E-state index in [2.05, 4.69) is 13.2 Å². The van der Waals surface area contributed by atoms with E-state index in [0.717, 1.165) is 5.56 Å². The second-order valence-electron chi connectivity index (χ2n) is 6.01. The highest BCUT2D eigenvalue weighted by Gasteiger charge is 2.07. The Balaban J connectivity index is 1.98. The SMILES string of the molecule is C=CCOc1ccc(OC(=O)/C=C(\C)c2ccc(OC(=O)C(=C)C)cc2)cc1. The summed E-state index contributed by atoms with van der Waals surface area (Å²) in [6.07, 6.45) is 3.05. The average Bonchev–Trinajstić information content (AvgIpc) is 2.67. The maximum Gasteiger partial charge on any atom is 0.338 e. The van der Waals surface area contributed by atoms with Crippen LogP contribution in [0.25, 0.3) is 5.57 Å². The van der Waals surface area contributed by atoms with Gasteiger partial charge in [-0.3, -0.25) is 0 Å². The van der Waals surface area contributed by atoms with Crippen molar-refractivity contribution in [3.63, 3.8) is 0 Å². The van der Waals surface area contributed by atoms with Crippen molar-refractivity contribution in [2.24, 2.45) is 0 Å². The van der Waals surface area contributed by atoms with E-state index in [1.807, 2.05) is 0 Å². The highest BCUT2D eigenvalue weighted by Crippen LogP contribution is 2.21. The lowest BCUT2D eigenvalue weighted by Crippen LogP contribution is -2.08. The molecule has 0 aliphatic heterocycles. The number of carbonyl (C=O) groups is 2. The molecule has 2 aromatic rings. The van der Waals surface area contributed by atoms with Gasteiger partial charge in [0.25, 0.3) is 0 Å². The van der Waals surface area contributed by atoms with E-state index in [-0.39, 0.29) is 0 Å². The number of carbonyl (C=O) groups excluding carboxylic acids is 2. The maximum absolute atomic E-state index is 12.1. The first-order valence-electron chi connectivity index (χ1n) is 8.61. The van der Waals surface area contributed by atoms with E-state index >= 15 is 0 Å². The van der Waals surface area contributed by atoms with Crippen LogP contribution in [0, 0.1) is 0 Å². The first kappa shape index (κ1) is 20.7. The summed E-state index contributed by atoms with van der Waals surface area (Å²) >= 11 is 0. The number of allylic oxidation sites excluding steroid dienone is 1. The van der Waals surface area contributed by atoms with Crippen LogP contribution in [0.4, 0.5) is 0 Å². The number of rotatable bonds is 8. The fourth-order valence-electron chi connectivity index (χ4n) is 2.14. The van der Waals surface area contributed by atoms with Crippen LogP contribution in [-0.4, -0.2) is 18.5 Å². The predicted octanol–water partition coefficient (Wildman–Crippen LogP) is 4.74. The first-order valence-corrected chi connectivity index (χ1v) is 8.61. The highest BCUT2D eigenvalue weighted by molar-refractivity contribution is 5.92. The third kappa shape index (κ3) is 6.29. The van der Waals surface area contributed by atoms with Crippen molar-refractivity contribution in [1.82, 2.24) is 0 Å². The molecule has 0 saturated heterocycles. The number of hydrogen-bond donors (Lipinski definition) is 0. The van der Waals surface area contributed by atoms with Crippen LogP contribution >= 0.6 is 0 Å². The lowest BCUT2D eigenvalue weighted by Gasteiger charge is -2.07. The Labute approximate surface area is 164 Å². The molecule has 0 atom stereocenters. The third-order valence-corrected chi connectivity index (χ3v) is 3.61. The number of ether oxygens (including phenoxy) is 3. The van der Waals surface area contributed by atoms with E-state index in [0.29, 0.717) is 35.0 Å². The predicted molar refractivity (Wildman–Crippen MR) is 108 cm³/mol. The fraction of sp³-hybridized carbons (Fsp3) is 0.130. The minimum Gasteiger partial charge on any atom is -0.490 e. The average molecular weight is 378 g/mol. The third-order valence-electron chi connectivity index (χ3n) is 3.61. The standard InChI is InChI=1S/C23H22O5/c1-5-14-26-19-10-12-20(13-11-19)27-22(24)15-17(4)18-6-8-21(9-7-18)28-23(25)16(2)3/h5-13,15H,1-2,14H2,3-4H3/b17-15+. The summed E-state index contributed by atoms with van der Waals surface area (Å²) in [5, 5.41) is 0. The molecule has 28 heavy (non-hydrogen) atoms. The van der Waals surface area contributed by atoms with E-state index in [9.17, 15) is 9.59 Å². The molecule has 0 bridgehead atoms. The Morgan fingerprint density at radius 3 is 2.00 bits per heavy atom. The molecular weight excluding hydrogens is 356 g/mol. The van der Waals surface area contributed by atoms with Crippen LogP contribution < -0.4 is 14.2 Å². The molecule has 144 valence electrons. The van der Waals surface area contributed by atoms with Crippen molar-refractivity contribution < 1.29 is 23.8 Å². The lowest BCUT2D eigenvalue weighted by atomic mass is 10.1. The van der Waals surface area contributed by atoms with Crippen LogP contribution in [-0.2, 0) is 9.59 Å². The van der Waals surface area contributed by atoms with Gasteiger partial charge < -0.3 is 14.2 Å². The summed E-state index contributed by atoms with van der Waals surface area (Å²) < 4.78 is 15.8. The fourth-order valence-corrected chi connectivity index (χ4v) is 2.14. The smallest absolute Gasteiger partial charge is 0.338 e. The quantitative estimate of drug-likeness (QED) is 0.287. The van der Waals surface area contributed by atoms with Crippen molar-refractivity contribution in [2.75, 3.05) is 6.61 Å². The Hall–Kier alpha value is -3.60. The summed E-state index contributed by atoms with van der Waals surface area (Å²) in [5.41, 5.74) is 1.84. The number of hydrogen-bond acceptors (Lipinski definition) is 5. The second kappa shape index (κ2) is 9.92. The molecular formula is C23H22O5. The van der Waals surface area contributed by atoms with Crippen molar-refractivity contribution in [3.8, 4) is 17.2 Å². The lowest BCUT2D eigenvalue weighted by molar-refractivity contribution is -0.130. The van der Waals surface area contributed by atoms with Crippen LogP contribution in [0.5, 0.6) is 17.2 Å². The van der Waals surface area contributed by atoms with Gasteiger partial charge in [-0.15, -0.1) is 0 Å². The molecule has 0 amide bonds. The number of benzene rings is 2. The van der Waals surface area contributed by atoms with Gasteiger partial charge in [0.05, 0.1) is 0 Å². The van der Waals surface area contributed by atoms with Gasteiger partial charge in [0.1, 0.15) is 23.9 Å². The van der Waals surface area contributed by atoms with Gasteiger partial charge in [-0.1, -0.05) is 31.4 Å². The van der Waals surface area contributed by atoms with Crippen LogP contribution in [0.3, 0.4) is 0 Å². The zero-order valence-corrected chi connectivity index (χ0v) is 15.9. The maximum atomic E-state index is 12.1. The highest BCUT2D eigenvalue weighted by atomic mass is 16.5. The van der Waals surface area contributed by atoms with Gasteiger partial charge in [-0.2, -0.15) is 0 Å². The minimum atomic E-state index is -0.491. The Kier molecular flexibility index (Phi) is 7.34. The topological polar surface area (TPSA) is 61.8 Å². The molecule has 0 aromatic heterocycles. The van der Waals surface area contributed by atoms with Crippen molar-refractivity contribution >= 4 is 17.5 Å². The molecule has 0 aliphatic rings. The molecule has 0 radical (unpaired) electrons. The summed E-state index contributed by atoms with van der Waals surface area (Å²) in [7, 11) is 0. The van der Waals surface area contributed by atoms with E-state index in [4.69, 9.17) is 14.2 Å². The van der Waals surface area contributed by atoms with Gasteiger partial charge in [0.15, 0.2) is 0 Å². The van der Waals surface area contributed by atoms with Crippen molar-refractivity contribution in [2.45, 2.75) is 13.8 Å². The first-order chi connectivity index (χ1) is 13.4. The Bertz CT molecular complexity index is 890. The molecule has 0 fully saturated rings. The van der Waals surface area contributed by atoms with Crippen molar-refractivity contribution in [3.05, 3.63) is 85.0 Å². The van der Waals surface area contributed by atoms with Crippen LogP contribution in [0.1, 0.15) is 19.4 Å². The van der Waals surface area contributed by atoms with Gasteiger partial charge in [-0.25, -0.2) is 9.59 Å². The van der Waals surface area contributed by atoms with Crippen molar-refractivity contribution in [1.29, 1.82) is 0 Å². The van der Waals surface area contributed by atoms with Gasteiger partial charge >= 0.3 is 11.9 Å². The zero-order valence-electron chi connectivity index (χ0n) is 15.9. The summed E-state index contributed by atoms with van der Waals surface area (Å²) in [6, 6.07) is 13.6. The summed E-state index contributed by atoms with van der Waals surface area (Å²) in [6.45, 7) is 10.9. The molecule has 0 unspecified atom stereocenters. The van der Waals surface area contributed by atoms with Crippen LogP contribution in [0.2, 0.25) is 0 Å². The molecule has 0 saturated carbocycles. The van der Waals surface area contributed by atoms with Gasteiger partial charge in [0.2, 0.25) is 0 Å². The monoisotopic (exact) mass is 378 g/mol. The molecule has 5 nitrogen and oxygen atoms in total. The normalized spacial score (nSPS) is 10.7. The minimum absolute atomic E-state index is 0.322. The molecule has 0 heterocycles. The van der Waals surface area contributed by atoms with Gasteiger partial charge in [-0.05, 0) is 61.4 Å². The number of esters is 2. The molecule has 2 rings (SSSR count). The molecule has 0 N–H and O–H groups in total. The molecule has 0 aliphatic carbocycles. The van der Waals surface area contributed by atoms with Gasteiger partial charge in [0, 0.05) is 11.6 Å². The molecule has 2 aromatic carbocycles. The second-order valence-corrected chi connectivity index (χ2v) is 6.01. The Morgan fingerprint density at radius 2 is 1.43 bits per heavy atom. The van der Waals surface area contributed by atoms with E-state index < -0.39 is 11.9 Å². The van der Waals surface area contributed by atoms with E-state index in [1.54, 1.807) is 68.5 Å². The molecule has 5 heteroatoms. The molecule has 0 spiro atoms. The van der Waals surface area contributed by atoms with E-state index in [1.165, 1.54) is 6.08 Å². The Morgan fingerprint density at radius 1 is 0.893 bits per heavy atom. The summed E-state index contributed by atoms with van der Waals surface area (Å²) in [4.78, 5) is 23.6.